The van der Waals surface area contributed by atoms with Crippen LogP contribution in [0.5, 0.6) is 0 Å². The van der Waals surface area contributed by atoms with Gasteiger partial charge in [0.2, 0.25) is 0 Å². The third kappa shape index (κ3) is 4.55. The molecular weight excluding hydrogens is 368 g/mol. The van der Waals surface area contributed by atoms with Crippen LogP contribution < -0.4 is 0 Å². The lowest BCUT2D eigenvalue weighted by Gasteiger charge is -2.41. The van der Waals surface area contributed by atoms with Crippen LogP contribution in [0.25, 0.3) is 0 Å². The van der Waals surface area contributed by atoms with Crippen molar-refractivity contribution in [3.05, 3.63) is 0 Å². The fourth-order valence-electron chi connectivity index (χ4n) is 5.97. The normalized spacial score (nSPS) is 39.9. The summed E-state index contributed by atoms with van der Waals surface area (Å²) in [7, 11) is 0. The molecule has 4 aliphatic rings. The average Bonchev–Trinajstić information content (AvgIpc) is 3.30. The zero-order valence-electron chi connectivity index (χ0n) is 19.5. The van der Waals surface area contributed by atoms with Crippen molar-refractivity contribution in [2.45, 2.75) is 97.1 Å². The van der Waals surface area contributed by atoms with Crippen molar-refractivity contribution in [3.63, 3.8) is 0 Å². The van der Waals surface area contributed by atoms with Gasteiger partial charge < -0.3 is 23.7 Å². The third-order valence-electron chi connectivity index (χ3n) is 7.42. The molecule has 3 unspecified atom stereocenters. The van der Waals surface area contributed by atoms with Crippen LogP contribution in [0.4, 0.5) is 0 Å². The molecule has 1 spiro atoms. The van der Waals surface area contributed by atoms with E-state index < -0.39 is 0 Å². The fourth-order valence-corrected chi connectivity index (χ4v) is 5.97. The molecule has 4 saturated carbocycles. The van der Waals surface area contributed by atoms with E-state index in [1.165, 1.54) is 19.3 Å². The highest BCUT2D eigenvalue weighted by molar-refractivity contribution is 5.43. The van der Waals surface area contributed by atoms with E-state index in [1.54, 1.807) is 0 Å². The summed E-state index contributed by atoms with van der Waals surface area (Å²) in [4.78, 5) is 0. The van der Waals surface area contributed by atoms with Crippen molar-refractivity contribution in [2.75, 3.05) is 39.6 Å². The number of rotatable bonds is 12. The highest BCUT2D eigenvalue weighted by atomic mass is 16.6. The van der Waals surface area contributed by atoms with Crippen molar-refractivity contribution >= 4 is 0 Å². The molecule has 0 amide bonds. The molecule has 168 valence electrons. The van der Waals surface area contributed by atoms with Gasteiger partial charge in [-0.1, -0.05) is 0 Å². The molecule has 3 atom stereocenters. The topological polar surface area (TPSA) is 46.2 Å². The van der Waals surface area contributed by atoms with Crippen LogP contribution in [-0.2, 0) is 23.7 Å². The molecule has 0 radical (unpaired) electrons. The molecule has 29 heavy (non-hydrogen) atoms. The molecule has 5 nitrogen and oxygen atoms in total. The molecular formula is C24H42O5. The average molecular weight is 411 g/mol. The van der Waals surface area contributed by atoms with Gasteiger partial charge in [-0.25, -0.2) is 0 Å². The minimum atomic E-state index is -0.0927. The van der Waals surface area contributed by atoms with Crippen LogP contribution >= 0.6 is 0 Å². The quantitative estimate of drug-likeness (QED) is 0.447. The molecule has 0 aromatic carbocycles. The lowest BCUT2D eigenvalue weighted by Crippen LogP contribution is -2.43. The maximum Gasteiger partial charge on any atom is 0.0707 e. The standard InChI is InChI=1S/C24H42O5/c1-20(2,3)28-10-9-25-7-8-26-16-22-13-23(15-24(22,23)14-22)17-27-18-11-19(12-18)29-21(4,5)6/h18-19H,7-17H2,1-6H3. The molecule has 5 heteroatoms. The minimum absolute atomic E-state index is 0.0400. The lowest BCUT2D eigenvalue weighted by atomic mass is 9.75. The first kappa shape index (κ1) is 22.0. The molecule has 4 rings (SSSR count). The summed E-state index contributed by atoms with van der Waals surface area (Å²) >= 11 is 0. The van der Waals surface area contributed by atoms with Crippen LogP contribution in [-0.4, -0.2) is 63.1 Å². The summed E-state index contributed by atoms with van der Waals surface area (Å²) in [6.45, 7) is 17.1. The third-order valence-corrected chi connectivity index (χ3v) is 7.42. The minimum Gasteiger partial charge on any atom is -0.378 e. The first-order valence-electron chi connectivity index (χ1n) is 11.6. The van der Waals surface area contributed by atoms with Crippen LogP contribution in [0, 0.1) is 16.2 Å². The van der Waals surface area contributed by atoms with Crippen LogP contribution in [0.3, 0.4) is 0 Å². The largest absolute Gasteiger partial charge is 0.378 e. The molecule has 0 aromatic heterocycles. The van der Waals surface area contributed by atoms with E-state index in [0.29, 0.717) is 54.9 Å². The van der Waals surface area contributed by atoms with Crippen molar-refractivity contribution in [2.24, 2.45) is 16.2 Å². The van der Waals surface area contributed by atoms with Gasteiger partial charge in [-0.3, -0.25) is 0 Å². The van der Waals surface area contributed by atoms with Crippen molar-refractivity contribution in [1.82, 2.24) is 0 Å². The highest BCUT2D eigenvalue weighted by Crippen LogP contribution is 3.00. The predicted molar refractivity (Wildman–Crippen MR) is 112 cm³/mol. The summed E-state index contributed by atoms with van der Waals surface area (Å²) in [5, 5.41) is 0. The van der Waals surface area contributed by atoms with Crippen LogP contribution in [0.1, 0.15) is 73.6 Å². The molecule has 0 N–H and O–H groups in total. The van der Waals surface area contributed by atoms with E-state index in [-0.39, 0.29) is 11.2 Å². The second-order valence-electron chi connectivity index (χ2n) is 12.1. The molecule has 4 fully saturated rings. The first-order valence-corrected chi connectivity index (χ1v) is 11.6. The van der Waals surface area contributed by atoms with Crippen molar-refractivity contribution in [3.8, 4) is 0 Å². The number of hydrogen-bond donors (Lipinski definition) is 0. The monoisotopic (exact) mass is 410 g/mol. The van der Waals surface area contributed by atoms with Gasteiger partial charge in [0, 0.05) is 10.8 Å². The molecule has 0 bridgehead atoms. The SMILES string of the molecule is CC(C)(C)OCCOCCOCC12CC3(COC4CC(OC(C)(C)C)C4)CC13C2. The number of ether oxygens (including phenoxy) is 5. The van der Waals surface area contributed by atoms with Gasteiger partial charge >= 0.3 is 0 Å². The van der Waals surface area contributed by atoms with Gasteiger partial charge in [-0.15, -0.1) is 0 Å². The molecule has 0 saturated heterocycles. The zero-order valence-corrected chi connectivity index (χ0v) is 19.5. The Balaban J connectivity index is 1.03. The molecule has 0 aromatic rings. The second kappa shape index (κ2) is 7.44. The smallest absolute Gasteiger partial charge is 0.0707 e. The zero-order chi connectivity index (χ0) is 21.0. The summed E-state index contributed by atoms with van der Waals surface area (Å²) in [6.07, 6.45) is 6.95. The predicted octanol–water partition coefficient (Wildman–Crippen LogP) is 4.37. The van der Waals surface area contributed by atoms with E-state index >= 15 is 0 Å². The Morgan fingerprint density at radius 3 is 1.93 bits per heavy atom. The maximum absolute atomic E-state index is 6.26. The Bertz CT molecular complexity index is 587. The van der Waals surface area contributed by atoms with E-state index in [9.17, 15) is 0 Å². The maximum atomic E-state index is 6.26. The fraction of sp³-hybridized carbons (Fsp3) is 1.00. The summed E-state index contributed by atoms with van der Waals surface area (Å²) in [6, 6.07) is 0. The summed E-state index contributed by atoms with van der Waals surface area (Å²) < 4.78 is 29.5. The Morgan fingerprint density at radius 2 is 1.31 bits per heavy atom. The van der Waals surface area contributed by atoms with E-state index in [0.717, 1.165) is 26.1 Å². The van der Waals surface area contributed by atoms with E-state index in [2.05, 4.69) is 41.5 Å². The van der Waals surface area contributed by atoms with Crippen LogP contribution in [0.15, 0.2) is 0 Å². The second-order valence-corrected chi connectivity index (χ2v) is 12.1. The van der Waals surface area contributed by atoms with Crippen molar-refractivity contribution in [1.29, 1.82) is 0 Å². The first-order chi connectivity index (χ1) is 13.5. The molecule has 0 aliphatic heterocycles. The summed E-state index contributed by atoms with van der Waals surface area (Å²) in [5.74, 6) is 0. The summed E-state index contributed by atoms with van der Waals surface area (Å²) in [5.41, 5.74) is 1.41. The lowest BCUT2D eigenvalue weighted by molar-refractivity contribution is -0.158. The van der Waals surface area contributed by atoms with Crippen molar-refractivity contribution < 1.29 is 23.7 Å². The van der Waals surface area contributed by atoms with Crippen LogP contribution in [0.2, 0.25) is 0 Å². The Morgan fingerprint density at radius 1 is 0.690 bits per heavy atom. The van der Waals surface area contributed by atoms with Gasteiger partial charge in [-0.05, 0) is 79.1 Å². The molecule has 4 aliphatic carbocycles. The van der Waals surface area contributed by atoms with E-state index in [4.69, 9.17) is 23.7 Å². The number of hydrogen-bond acceptors (Lipinski definition) is 5. The van der Waals surface area contributed by atoms with Gasteiger partial charge in [-0.2, -0.15) is 0 Å². The van der Waals surface area contributed by atoms with Gasteiger partial charge in [0.1, 0.15) is 0 Å². The Hall–Kier alpha value is -0.200. The van der Waals surface area contributed by atoms with Gasteiger partial charge in [0.05, 0.1) is 63.1 Å². The molecule has 0 heterocycles. The Labute approximate surface area is 177 Å². The van der Waals surface area contributed by atoms with Gasteiger partial charge in [0.25, 0.3) is 0 Å². The van der Waals surface area contributed by atoms with E-state index in [1.807, 2.05) is 0 Å². The van der Waals surface area contributed by atoms with Gasteiger partial charge in [0.15, 0.2) is 0 Å². The highest BCUT2D eigenvalue weighted by Gasteiger charge is 2.96. The Kier molecular flexibility index (Phi) is 5.65.